The van der Waals surface area contributed by atoms with Gasteiger partial charge in [-0.05, 0) is 31.5 Å². The molecule has 0 aromatic heterocycles. The minimum absolute atomic E-state index is 0.0112. The van der Waals surface area contributed by atoms with Gasteiger partial charge < -0.3 is 14.9 Å². The number of aromatic hydroxyl groups is 2. The van der Waals surface area contributed by atoms with Gasteiger partial charge in [0.15, 0.2) is 0 Å². The number of phenols is 2. The number of phenolic OH excluding ortho intramolecular Hbond substituents is 2. The third-order valence-electron chi connectivity index (χ3n) is 2.20. The molecule has 2 N–H and O–H groups in total. The molecular formula is C12H16O4. The van der Waals surface area contributed by atoms with Gasteiger partial charge in [-0.3, -0.25) is 0 Å². The molecule has 0 bridgehead atoms. The molecule has 0 fully saturated rings. The summed E-state index contributed by atoms with van der Waals surface area (Å²) in [5.74, 6) is -0.881. The van der Waals surface area contributed by atoms with E-state index < -0.39 is 5.97 Å². The van der Waals surface area contributed by atoms with Crippen molar-refractivity contribution in [2.45, 2.75) is 32.8 Å². The molecule has 1 unspecified atom stereocenters. The number of carbonyl (C=O) groups excluding carboxylic acids is 1. The second kappa shape index (κ2) is 5.39. The summed E-state index contributed by atoms with van der Waals surface area (Å²) in [5.41, 5.74) is -0.0112. The molecule has 0 aliphatic carbocycles. The van der Waals surface area contributed by atoms with Crippen molar-refractivity contribution in [2.24, 2.45) is 0 Å². The predicted molar refractivity (Wildman–Crippen MR) is 59.6 cm³/mol. The zero-order valence-corrected chi connectivity index (χ0v) is 9.43. The van der Waals surface area contributed by atoms with Crippen LogP contribution in [0.1, 0.15) is 37.0 Å². The van der Waals surface area contributed by atoms with Crippen molar-refractivity contribution >= 4 is 5.97 Å². The molecule has 0 radical (unpaired) electrons. The predicted octanol–water partition coefficient (Wildman–Crippen LogP) is 2.44. The summed E-state index contributed by atoms with van der Waals surface area (Å²) < 4.78 is 5.10. The van der Waals surface area contributed by atoms with Crippen molar-refractivity contribution in [3.8, 4) is 11.5 Å². The average molecular weight is 224 g/mol. The number of hydrogen-bond acceptors (Lipinski definition) is 4. The molecule has 0 heterocycles. The molecule has 0 amide bonds. The Morgan fingerprint density at radius 2 is 2.12 bits per heavy atom. The van der Waals surface area contributed by atoms with Gasteiger partial charge in [0.25, 0.3) is 0 Å². The van der Waals surface area contributed by atoms with Gasteiger partial charge in [0.2, 0.25) is 0 Å². The lowest BCUT2D eigenvalue weighted by molar-refractivity contribution is 0.0320. The summed E-state index contributed by atoms with van der Waals surface area (Å²) in [5, 5.41) is 18.6. The van der Waals surface area contributed by atoms with Crippen molar-refractivity contribution in [1.29, 1.82) is 0 Å². The molecule has 0 saturated heterocycles. The third kappa shape index (κ3) is 3.15. The minimum Gasteiger partial charge on any atom is -0.508 e. The van der Waals surface area contributed by atoms with Gasteiger partial charge in [-0.1, -0.05) is 13.3 Å². The van der Waals surface area contributed by atoms with Gasteiger partial charge in [-0.2, -0.15) is 0 Å². The van der Waals surface area contributed by atoms with E-state index in [0.29, 0.717) is 0 Å². The zero-order valence-electron chi connectivity index (χ0n) is 9.43. The molecule has 1 atom stereocenters. The number of esters is 1. The first-order valence-corrected chi connectivity index (χ1v) is 5.27. The van der Waals surface area contributed by atoms with Crippen LogP contribution in [0.15, 0.2) is 18.2 Å². The van der Waals surface area contributed by atoms with E-state index in [1.54, 1.807) is 6.92 Å². The maximum Gasteiger partial charge on any atom is 0.342 e. The lowest BCUT2D eigenvalue weighted by atomic mass is 10.2. The van der Waals surface area contributed by atoms with E-state index in [4.69, 9.17) is 4.74 Å². The van der Waals surface area contributed by atoms with Gasteiger partial charge in [0.1, 0.15) is 17.1 Å². The van der Waals surface area contributed by atoms with E-state index in [1.165, 1.54) is 18.2 Å². The Morgan fingerprint density at radius 1 is 1.44 bits per heavy atom. The average Bonchev–Trinajstić information content (AvgIpc) is 2.21. The summed E-state index contributed by atoms with van der Waals surface area (Å²) in [6.45, 7) is 3.79. The summed E-state index contributed by atoms with van der Waals surface area (Å²) in [4.78, 5) is 11.6. The second-order valence-electron chi connectivity index (χ2n) is 3.71. The van der Waals surface area contributed by atoms with Crippen molar-refractivity contribution in [1.82, 2.24) is 0 Å². The van der Waals surface area contributed by atoms with Crippen LogP contribution in [0.5, 0.6) is 11.5 Å². The van der Waals surface area contributed by atoms with Gasteiger partial charge in [0.05, 0.1) is 6.10 Å². The van der Waals surface area contributed by atoms with Crippen LogP contribution in [-0.4, -0.2) is 22.3 Å². The van der Waals surface area contributed by atoms with Gasteiger partial charge in [0, 0.05) is 0 Å². The maximum atomic E-state index is 11.6. The fourth-order valence-corrected chi connectivity index (χ4v) is 1.40. The fraction of sp³-hybridized carbons (Fsp3) is 0.417. The van der Waals surface area contributed by atoms with Crippen molar-refractivity contribution < 1.29 is 19.7 Å². The molecule has 0 aliphatic heterocycles. The summed E-state index contributed by atoms with van der Waals surface area (Å²) >= 11 is 0. The minimum atomic E-state index is -0.616. The lowest BCUT2D eigenvalue weighted by Gasteiger charge is -2.12. The number of ether oxygens (including phenoxy) is 1. The van der Waals surface area contributed by atoms with Crippen molar-refractivity contribution in [2.75, 3.05) is 0 Å². The second-order valence-corrected chi connectivity index (χ2v) is 3.71. The van der Waals surface area contributed by atoms with Crippen molar-refractivity contribution in [3.63, 3.8) is 0 Å². The Hall–Kier alpha value is -1.71. The first-order chi connectivity index (χ1) is 7.54. The molecule has 0 spiro atoms. The highest BCUT2D eigenvalue weighted by atomic mass is 16.5. The Balaban J connectivity index is 2.76. The van der Waals surface area contributed by atoms with Gasteiger partial charge >= 0.3 is 5.97 Å². The standard InChI is InChI=1S/C12H16O4/c1-3-4-8(2)16-12(15)10-7-9(13)5-6-11(10)14/h5-8,13-14H,3-4H2,1-2H3. The third-order valence-corrected chi connectivity index (χ3v) is 2.20. The maximum absolute atomic E-state index is 11.6. The van der Waals surface area contributed by atoms with Crippen LogP contribution in [0.3, 0.4) is 0 Å². The monoisotopic (exact) mass is 224 g/mol. The van der Waals surface area contributed by atoms with Crippen LogP contribution >= 0.6 is 0 Å². The molecule has 1 aromatic carbocycles. The summed E-state index contributed by atoms with van der Waals surface area (Å²) in [7, 11) is 0. The molecule has 1 aromatic rings. The molecule has 1 rings (SSSR count). The van der Waals surface area contributed by atoms with Gasteiger partial charge in [-0.25, -0.2) is 4.79 Å². The molecule has 16 heavy (non-hydrogen) atoms. The van der Waals surface area contributed by atoms with E-state index in [-0.39, 0.29) is 23.2 Å². The largest absolute Gasteiger partial charge is 0.508 e. The first-order valence-electron chi connectivity index (χ1n) is 5.27. The van der Waals surface area contributed by atoms with E-state index in [1.807, 2.05) is 6.92 Å². The van der Waals surface area contributed by atoms with Crippen LogP contribution in [0.2, 0.25) is 0 Å². The van der Waals surface area contributed by atoms with Crippen molar-refractivity contribution in [3.05, 3.63) is 23.8 Å². The highest BCUT2D eigenvalue weighted by molar-refractivity contribution is 5.92. The molecule has 0 saturated carbocycles. The highest BCUT2D eigenvalue weighted by Crippen LogP contribution is 2.23. The van der Waals surface area contributed by atoms with E-state index in [2.05, 4.69) is 0 Å². The Morgan fingerprint density at radius 3 is 2.75 bits per heavy atom. The van der Waals surface area contributed by atoms with Crippen LogP contribution < -0.4 is 0 Å². The SMILES string of the molecule is CCCC(C)OC(=O)c1cc(O)ccc1O. The highest BCUT2D eigenvalue weighted by Gasteiger charge is 2.16. The Bertz CT molecular complexity index is 373. The van der Waals surface area contributed by atoms with Crippen LogP contribution in [-0.2, 0) is 4.74 Å². The van der Waals surface area contributed by atoms with E-state index in [9.17, 15) is 15.0 Å². The topological polar surface area (TPSA) is 66.8 Å². The van der Waals surface area contributed by atoms with Crippen LogP contribution in [0.4, 0.5) is 0 Å². The molecular weight excluding hydrogens is 208 g/mol. The van der Waals surface area contributed by atoms with Crippen LogP contribution in [0.25, 0.3) is 0 Å². The smallest absolute Gasteiger partial charge is 0.342 e. The molecule has 88 valence electrons. The number of rotatable bonds is 4. The fourth-order valence-electron chi connectivity index (χ4n) is 1.40. The Labute approximate surface area is 94.5 Å². The van der Waals surface area contributed by atoms with E-state index >= 15 is 0 Å². The molecule has 0 aliphatic rings. The number of carbonyl (C=O) groups is 1. The lowest BCUT2D eigenvalue weighted by Crippen LogP contribution is -2.14. The summed E-state index contributed by atoms with van der Waals surface area (Å²) in [6, 6.07) is 3.76. The van der Waals surface area contributed by atoms with Gasteiger partial charge in [-0.15, -0.1) is 0 Å². The Kier molecular flexibility index (Phi) is 4.17. The number of benzene rings is 1. The number of hydrogen-bond donors (Lipinski definition) is 2. The molecule has 4 nitrogen and oxygen atoms in total. The van der Waals surface area contributed by atoms with Crippen LogP contribution in [0, 0.1) is 0 Å². The zero-order chi connectivity index (χ0) is 12.1. The van der Waals surface area contributed by atoms with E-state index in [0.717, 1.165) is 12.8 Å². The quantitative estimate of drug-likeness (QED) is 0.609. The normalized spacial score (nSPS) is 12.1. The summed E-state index contributed by atoms with van der Waals surface area (Å²) in [6.07, 6.45) is 1.49. The first kappa shape index (κ1) is 12.4. The molecule has 4 heteroatoms.